The van der Waals surface area contributed by atoms with Gasteiger partial charge in [0.1, 0.15) is 21.7 Å². The number of halogens is 2. The van der Waals surface area contributed by atoms with Crippen molar-refractivity contribution in [2.45, 2.75) is 0 Å². The van der Waals surface area contributed by atoms with Crippen LogP contribution in [0.25, 0.3) is 156 Å². The SMILES string of the molecule is Clc1cccnc1Br.c1ccc(-n2c3cc(-c4nc5ccccc5[nH]4)ccc3c3c4c(ccc32)sc2ccccc24)cc1.c1ccc(-n2c3cc4c(cc3c3c5c(ccc32)sc2ccccc25)c2cccnc2n2c3ccccc3nc42)cc1. The number of pyridine rings is 3. The molecule has 19 aromatic rings. The average molecular weight is 1200 g/mol. The van der Waals surface area contributed by atoms with Gasteiger partial charge in [-0.3, -0.25) is 4.40 Å². The first-order valence-electron chi connectivity index (χ1n) is 27.6. The topological polar surface area (TPSA) is 81.6 Å². The lowest BCUT2D eigenvalue weighted by Gasteiger charge is -2.10. The number of nitrogens with zero attached hydrogens (tertiary/aromatic N) is 7. The molecule has 9 heterocycles. The summed E-state index contributed by atoms with van der Waals surface area (Å²) in [4.78, 5) is 22.3. The Hall–Kier alpha value is -9.75. The van der Waals surface area contributed by atoms with Gasteiger partial charge in [-0.25, -0.2) is 19.9 Å². The maximum atomic E-state index is 5.60. The van der Waals surface area contributed by atoms with Crippen LogP contribution in [0, 0.1) is 0 Å². The van der Waals surface area contributed by atoms with Crippen molar-refractivity contribution < 1.29 is 0 Å². The minimum atomic E-state index is 0.646. The minimum absolute atomic E-state index is 0.646. The molecule has 8 nitrogen and oxygen atoms in total. The van der Waals surface area contributed by atoms with Crippen LogP contribution in [-0.2, 0) is 0 Å². The Morgan fingerprint density at radius 2 is 0.964 bits per heavy atom. The summed E-state index contributed by atoms with van der Waals surface area (Å²) >= 11 is 12.5. The van der Waals surface area contributed by atoms with Gasteiger partial charge in [0.2, 0.25) is 0 Å². The molecule has 12 heteroatoms. The number of rotatable bonds is 3. The van der Waals surface area contributed by atoms with Gasteiger partial charge < -0.3 is 14.1 Å². The van der Waals surface area contributed by atoms with Gasteiger partial charge in [0.05, 0.1) is 49.2 Å². The van der Waals surface area contributed by atoms with E-state index < -0.39 is 0 Å². The normalized spacial score (nSPS) is 11.9. The molecule has 0 bridgehead atoms. The Morgan fingerprint density at radius 1 is 0.381 bits per heavy atom. The highest BCUT2D eigenvalue weighted by Gasteiger charge is 2.23. The maximum Gasteiger partial charge on any atom is 0.147 e. The molecule has 0 aliphatic heterocycles. The molecule has 19 rings (SSSR count). The second-order valence-corrected chi connectivity index (χ2v) is 24.2. The summed E-state index contributed by atoms with van der Waals surface area (Å²) in [5.41, 5.74) is 14.2. The van der Waals surface area contributed by atoms with Gasteiger partial charge in [-0.2, -0.15) is 0 Å². The van der Waals surface area contributed by atoms with Gasteiger partial charge in [0.25, 0.3) is 0 Å². The molecule has 0 radical (unpaired) electrons. The third-order valence-electron chi connectivity index (χ3n) is 16.2. The fraction of sp³-hybridized carbons (Fsp3) is 0. The fourth-order valence-electron chi connectivity index (χ4n) is 12.6. The molecule has 0 saturated carbocycles. The van der Waals surface area contributed by atoms with Crippen LogP contribution in [0.4, 0.5) is 0 Å². The van der Waals surface area contributed by atoms with Crippen molar-refractivity contribution in [3.8, 4) is 22.8 Å². The van der Waals surface area contributed by atoms with Crippen LogP contribution in [0.2, 0.25) is 5.02 Å². The van der Waals surface area contributed by atoms with Crippen LogP contribution in [0.1, 0.15) is 0 Å². The summed E-state index contributed by atoms with van der Waals surface area (Å²) in [7, 11) is 0. The number of para-hydroxylation sites is 6. The van der Waals surface area contributed by atoms with Crippen molar-refractivity contribution in [3.63, 3.8) is 0 Å². The Bertz CT molecular complexity index is 5800. The molecular formula is C72H42BrClN8S2. The van der Waals surface area contributed by atoms with Crippen LogP contribution in [0.5, 0.6) is 0 Å². The Balaban J connectivity index is 0.000000118. The summed E-state index contributed by atoms with van der Waals surface area (Å²) in [6.07, 6.45) is 3.55. The van der Waals surface area contributed by atoms with Crippen molar-refractivity contribution in [1.29, 1.82) is 0 Å². The lowest BCUT2D eigenvalue weighted by molar-refractivity contribution is 1.18. The van der Waals surface area contributed by atoms with E-state index in [1.165, 1.54) is 89.3 Å². The lowest BCUT2D eigenvalue weighted by atomic mass is 10.0. The number of H-pyrrole nitrogens is 1. The third-order valence-corrected chi connectivity index (χ3v) is 19.6. The van der Waals surface area contributed by atoms with E-state index >= 15 is 0 Å². The number of hydrogen-bond acceptors (Lipinski definition) is 6. The van der Waals surface area contributed by atoms with Crippen molar-refractivity contribution in [3.05, 3.63) is 259 Å². The van der Waals surface area contributed by atoms with Crippen LogP contribution >= 0.6 is 50.2 Å². The smallest absolute Gasteiger partial charge is 0.147 e. The van der Waals surface area contributed by atoms with E-state index in [1.807, 2.05) is 53.1 Å². The van der Waals surface area contributed by atoms with E-state index in [2.05, 4.69) is 240 Å². The van der Waals surface area contributed by atoms with Gasteiger partial charge in [-0.1, -0.05) is 121 Å². The van der Waals surface area contributed by atoms with Gasteiger partial charge in [0.15, 0.2) is 0 Å². The zero-order valence-electron chi connectivity index (χ0n) is 44.4. The predicted molar refractivity (Wildman–Crippen MR) is 358 cm³/mol. The number of thiophene rings is 2. The second-order valence-electron chi connectivity index (χ2n) is 20.9. The van der Waals surface area contributed by atoms with Crippen LogP contribution in [0.15, 0.2) is 254 Å². The number of aromatic amines is 1. The molecule has 84 heavy (non-hydrogen) atoms. The molecule has 9 aromatic heterocycles. The number of imidazole rings is 2. The van der Waals surface area contributed by atoms with Gasteiger partial charge in [-0.05, 0) is 149 Å². The van der Waals surface area contributed by atoms with Crippen molar-refractivity contribution in [2.75, 3.05) is 0 Å². The van der Waals surface area contributed by atoms with E-state index in [0.29, 0.717) is 9.63 Å². The Labute approximate surface area is 499 Å². The third kappa shape index (κ3) is 7.63. The van der Waals surface area contributed by atoms with E-state index in [0.717, 1.165) is 66.9 Å². The predicted octanol–water partition coefficient (Wildman–Crippen LogP) is 20.8. The number of nitrogens with one attached hydrogen (secondary N) is 1. The van der Waals surface area contributed by atoms with Gasteiger partial charge in [-0.15, -0.1) is 22.7 Å². The molecule has 1 N–H and O–H groups in total. The second kappa shape index (κ2) is 19.4. The zero-order valence-corrected chi connectivity index (χ0v) is 48.3. The number of benzene rings is 10. The van der Waals surface area contributed by atoms with E-state index in [-0.39, 0.29) is 0 Å². The standard InChI is InChI=1S/C36H20N4S.C31H19N3S.C5H3BrClN/c1-2-9-21(10-3-1)39-29-16-17-32-34(23-11-4-7-15-31(23)41-32)33(29)26-19-24-22-12-8-18-37-35(22)40-28-14-6-5-13-27(28)38-36(40)25(24)20-30(26)39;1-2-8-20(9-3-1)34-25-16-17-28-30(22-10-4-7-13-27(22)35-28)29(25)21-15-14-19(18-26(21)34)31-32-23-11-5-6-12-24(23)33-31;6-5-4(7)2-1-3-8-5/h1-20H;1-18H,(H,32,33);1-3H. The first kappa shape index (κ1) is 48.9. The fourth-order valence-corrected chi connectivity index (χ4v) is 15.2. The largest absolute Gasteiger partial charge is 0.338 e. The molecule has 0 atom stereocenters. The number of fused-ring (bicyclic) bond motifs is 23. The van der Waals surface area contributed by atoms with E-state index in [9.17, 15) is 0 Å². The van der Waals surface area contributed by atoms with Crippen LogP contribution in [0.3, 0.4) is 0 Å². The molecule has 0 spiro atoms. The molecule has 0 saturated heterocycles. The molecule has 0 amide bonds. The van der Waals surface area contributed by atoms with Crippen LogP contribution in [-0.4, -0.2) is 38.5 Å². The Kier molecular flexibility index (Phi) is 11.3. The summed E-state index contributed by atoms with van der Waals surface area (Å²) in [6, 6.07) is 83.8. The summed E-state index contributed by atoms with van der Waals surface area (Å²) < 4.78 is 13.0. The summed E-state index contributed by atoms with van der Waals surface area (Å²) in [5, 5.41) is 14.5. The maximum absolute atomic E-state index is 5.60. The van der Waals surface area contributed by atoms with Crippen molar-refractivity contribution in [2.24, 2.45) is 0 Å². The van der Waals surface area contributed by atoms with E-state index in [4.69, 9.17) is 26.6 Å². The quantitative estimate of drug-likeness (QED) is 0.141. The highest BCUT2D eigenvalue weighted by Crippen LogP contribution is 2.47. The van der Waals surface area contributed by atoms with E-state index in [1.54, 1.807) is 18.3 Å². The molecule has 0 aliphatic rings. The summed E-state index contributed by atoms with van der Waals surface area (Å²) in [6.45, 7) is 0. The van der Waals surface area contributed by atoms with Crippen molar-refractivity contribution in [1.82, 2.24) is 38.5 Å². The first-order chi connectivity index (χ1) is 41.5. The monoisotopic (exact) mass is 1200 g/mol. The molecule has 0 aliphatic carbocycles. The molecule has 0 fully saturated rings. The minimum Gasteiger partial charge on any atom is -0.338 e. The first-order valence-corrected chi connectivity index (χ1v) is 30.4. The van der Waals surface area contributed by atoms with Gasteiger partial charge >= 0.3 is 0 Å². The molecule has 396 valence electrons. The molecule has 10 aromatic carbocycles. The molecule has 0 unspecified atom stereocenters. The average Bonchev–Trinajstić information content (AvgIpc) is 2.23. The summed E-state index contributed by atoms with van der Waals surface area (Å²) in [5.74, 6) is 0.893. The number of hydrogen-bond donors (Lipinski definition) is 1. The Morgan fingerprint density at radius 3 is 1.63 bits per heavy atom. The van der Waals surface area contributed by atoms with Crippen LogP contribution < -0.4 is 0 Å². The van der Waals surface area contributed by atoms with Gasteiger partial charge in [0, 0.05) is 102 Å². The van der Waals surface area contributed by atoms with Crippen molar-refractivity contribution >= 4 is 184 Å². The number of aromatic nitrogens is 8. The highest BCUT2D eigenvalue weighted by molar-refractivity contribution is 9.10. The molecular weight excluding hydrogens is 1160 g/mol. The lowest BCUT2D eigenvalue weighted by Crippen LogP contribution is -1.95. The highest BCUT2D eigenvalue weighted by atomic mass is 79.9. The zero-order chi connectivity index (χ0) is 55.6.